The van der Waals surface area contributed by atoms with Crippen molar-refractivity contribution in [3.63, 3.8) is 0 Å². The maximum atomic E-state index is 9.25. The third-order valence-electron chi connectivity index (χ3n) is 2.80. The average molecular weight is 213 g/mol. The van der Waals surface area contributed by atoms with Gasteiger partial charge in [0, 0.05) is 0 Å². The zero-order valence-corrected chi connectivity index (χ0v) is 8.88. The van der Waals surface area contributed by atoms with Gasteiger partial charge < -0.3 is 5.11 Å². The van der Waals surface area contributed by atoms with Crippen LogP contribution in [0.1, 0.15) is 11.4 Å². The third-order valence-corrected chi connectivity index (χ3v) is 2.80. The highest BCUT2D eigenvalue weighted by atomic mass is 16.3. The predicted octanol–water partition coefficient (Wildman–Crippen LogP) is 1.68. The molecule has 0 aliphatic heterocycles. The number of aromatic nitrogens is 3. The van der Waals surface area contributed by atoms with Crippen LogP contribution in [0.15, 0.2) is 30.3 Å². The lowest BCUT2D eigenvalue weighted by Crippen LogP contribution is -1.97. The highest BCUT2D eigenvalue weighted by Crippen LogP contribution is 2.20. The van der Waals surface area contributed by atoms with E-state index in [0.29, 0.717) is 5.82 Å². The Morgan fingerprint density at radius 1 is 1.19 bits per heavy atom. The molecule has 80 valence electrons. The second-order valence-corrected chi connectivity index (χ2v) is 3.81. The lowest BCUT2D eigenvalue weighted by Gasteiger charge is -2.06. The van der Waals surface area contributed by atoms with E-state index in [-0.39, 0.29) is 6.61 Å². The summed E-state index contributed by atoms with van der Waals surface area (Å²) in [6.45, 7) is 1.94. The Bertz CT molecular complexity index is 672. The van der Waals surface area contributed by atoms with Gasteiger partial charge >= 0.3 is 0 Å². The van der Waals surface area contributed by atoms with Gasteiger partial charge in [-0.15, -0.1) is 10.2 Å². The van der Waals surface area contributed by atoms with Crippen LogP contribution in [0.2, 0.25) is 0 Å². The molecular formula is C12H11N3O. The van der Waals surface area contributed by atoms with Crippen molar-refractivity contribution >= 4 is 16.6 Å². The van der Waals surface area contributed by atoms with Crippen LogP contribution in [-0.2, 0) is 6.61 Å². The standard InChI is InChI=1S/C12H11N3O/c1-8-3-2-4-9-5-6-10-13-14-11(7-16)15(10)12(8)9/h2-6,16H,7H2,1H3. The highest BCUT2D eigenvalue weighted by Gasteiger charge is 2.08. The Morgan fingerprint density at radius 3 is 2.88 bits per heavy atom. The van der Waals surface area contributed by atoms with Crippen molar-refractivity contribution in [3.8, 4) is 0 Å². The fourth-order valence-electron chi connectivity index (χ4n) is 2.07. The summed E-state index contributed by atoms with van der Waals surface area (Å²) in [6, 6.07) is 10.0. The summed E-state index contributed by atoms with van der Waals surface area (Å²) >= 11 is 0. The van der Waals surface area contributed by atoms with Gasteiger partial charge in [0.05, 0.1) is 5.52 Å². The van der Waals surface area contributed by atoms with E-state index in [1.165, 1.54) is 0 Å². The van der Waals surface area contributed by atoms with Gasteiger partial charge in [-0.25, -0.2) is 0 Å². The molecule has 4 nitrogen and oxygen atoms in total. The molecule has 0 unspecified atom stereocenters. The molecule has 3 aromatic rings. The number of para-hydroxylation sites is 1. The number of fused-ring (bicyclic) bond motifs is 3. The average Bonchev–Trinajstić information content (AvgIpc) is 2.72. The third kappa shape index (κ3) is 1.13. The molecule has 4 heteroatoms. The molecule has 0 amide bonds. The second-order valence-electron chi connectivity index (χ2n) is 3.81. The molecule has 0 saturated heterocycles. The quantitative estimate of drug-likeness (QED) is 0.669. The molecule has 2 heterocycles. The first-order chi connectivity index (χ1) is 7.81. The Kier molecular flexibility index (Phi) is 1.91. The van der Waals surface area contributed by atoms with Crippen LogP contribution in [0, 0.1) is 6.92 Å². The van der Waals surface area contributed by atoms with E-state index in [9.17, 15) is 5.11 Å². The Morgan fingerprint density at radius 2 is 2.06 bits per heavy atom. The van der Waals surface area contributed by atoms with Crippen LogP contribution >= 0.6 is 0 Å². The van der Waals surface area contributed by atoms with Gasteiger partial charge in [-0.3, -0.25) is 4.40 Å². The summed E-state index contributed by atoms with van der Waals surface area (Å²) in [4.78, 5) is 0. The van der Waals surface area contributed by atoms with Crippen LogP contribution in [0.5, 0.6) is 0 Å². The smallest absolute Gasteiger partial charge is 0.163 e. The molecule has 0 fully saturated rings. The van der Waals surface area contributed by atoms with E-state index in [1.54, 1.807) is 0 Å². The summed E-state index contributed by atoms with van der Waals surface area (Å²) in [6.07, 6.45) is 0. The van der Waals surface area contributed by atoms with E-state index in [4.69, 9.17) is 0 Å². The van der Waals surface area contributed by atoms with Crippen molar-refractivity contribution in [1.29, 1.82) is 0 Å². The summed E-state index contributed by atoms with van der Waals surface area (Å²) in [5, 5.41) is 18.4. The van der Waals surface area contributed by atoms with Gasteiger partial charge in [0.15, 0.2) is 11.5 Å². The zero-order chi connectivity index (χ0) is 11.1. The monoisotopic (exact) mass is 213 g/mol. The maximum absolute atomic E-state index is 9.25. The van der Waals surface area contributed by atoms with Gasteiger partial charge in [-0.05, 0) is 30.0 Å². The summed E-state index contributed by atoms with van der Waals surface area (Å²) < 4.78 is 1.91. The fourth-order valence-corrected chi connectivity index (χ4v) is 2.07. The van der Waals surface area contributed by atoms with Gasteiger partial charge in [0.25, 0.3) is 0 Å². The number of rotatable bonds is 1. The number of pyridine rings is 1. The molecule has 0 spiro atoms. The van der Waals surface area contributed by atoms with Crippen molar-refractivity contribution in [2.75, 3.05) is 0 Å². The topological polar surface area (TPSA) is 50.4 Å². The SMILES string of the molecule is Cc1cccc2ccc3nnc(CO)n3c12. The Labute approximate surface area is 92.2 Å². The predicted molar refractivity (Wildman–Crippen MR) is 61.2 cm³/mol. The van der Waals surface area contributed by atoms with Gasteiger partial charge in [0.1, 0.15) is 6.61 Å². The molecule has 1 aromatic carbocycles. The van der Waals surface area contributed by atoms with Crippen molar-refractivity contribution in [1.82, 2.24) is 14.6 Å². The van der Waals surface area contributed by atoms with Crippen molar-refractivity contribution in [2.24, 2.45) is 0 Å². The fraction of sp³-hybridized carbons (Fsp3) is 0.167. The van der Waals surface area contributed by atoms with Gasteiger partial charge in [-0.1, -0.05) is 18.2 Å². The number of hydrogen-bond donors (Lipinski definition) is 1. The number of nitrogens with zero attached hydrogens (tertiary/aromatic N) is 3. The van der Waals surface area contributed by atoms with E-state index < -0.39 is 0 Å². The molecule has 2 aromatic heterocycles. The summed E-state index contributed by atoms with van der Waals surface area (Å²) in [7, 11) is 0. The number of benzene rings is 1. The first kappa shape index (κ1) is 9.30. The first-order valence-corrected chi connectivity index (χ1v) is 5.14. The molecule has 0 radical (unpaired) electrons. The normalized spacial score (nSPS) is 11.4. The lowest BCUT2D eigenvalue weighted by molar-refractivity contribution is 0.270. The molecule has 16 heavy (non-hydrogen) atoms. The molecule has 0 aliphatic carbocycles. The minimum absolute atomic E-state index is 0.103. The molecule has 1 N–H and O–H groups in total. The van der Waals surface area contributed by atoms with Crippen LogP contribution in [0.25, 0.3) is 16.6 Å². The zero-order valence-electron chi connectivity index (χ0n) is 8.88. The Balaban J connectivity index is 2.60. The van der Waals surface area contributed by atoms with Crippen molar-refractivity contribution in [2.45, 2.75) is 13.5 Å². The minimum atomic E-state index is -0.103. The van der Waals surface area contributed by atoms with Crippen LogP contribution in [-0.4, -0.2) is 19.7 Å². The molecule has 0 bridgehead atoms. The van der Waals surface area contributed by atoms with Crippen LogP contribution in [0.4, 0.5) is 0 Å². The maximum Gasteiger partial charge on any atom is 0.163 e. The minimum Gasteiger partial charge on any atom is -0.388 e. The largest absolute Gasteiger partial charge is 0.388 e. The number of hydrogen-bond acceptors (Lipinski definition) is 3. The lowest BCUT2D eigenvalue weighted by atomic mass is 10.1. The van der Waals surface area contributed by atoms with Crippen LogP contribution < -0.4 is 0 Å². The Hall–Kier alpha value is -1.94. The summed E-state index contributed by atoms with van der Waals surface area (Å²) in [5.74, 6) is 0.579. The van der Waals surface area contributed by atoms with Crippen molar-refractivity contribution in [3.05, 3.63) is 41.7 Å². The molecule has 0 atom stereocenters. The number of aryl methyl sites for hydroxylation is 1. The molecule has 3 rings (SSSR count). The highest BCUT2D eigenvalue weighted by molar-refractivity contribution is 5.84. The summed E-state index contributed by atoms with van der Waals surface area (Å²) in [5.41, 5.74) is 2.98. The van der Waals surface area contributed by atoms with E-state index in [0.717, 1.165) is 22.1 Å². The first-order valence-electron chi connectivity index (χ1n) is 5.14. The van der Waals surface area contributed by atoms with Crippen LogP contribution in [0.3, 0.4) is 0 Å². The van der Waals surface area contributed by atoms with Gasteiger partial charge in [-0.2, -0.15) is 0 Å². The molecule has 0 aliphatic rings. The number of aliphatic hydroxyl groups excluding tert-OH is 1. The van der Waals surface area contributed by atoms with Gasteiger partial charge in [0.2, 0.25) is 0 Å². The molecular weight excluding hydrogens is 202 g/mol. The second kappa shape index (κ2) is 3.28. The number of aliphatic hydroxyl groups is 1. The van der Waals surface area contributed by atoms with Crippen molar-refractivity contribution < 1.29 is 5.11 Å². The van der Waals surface area contributed by atoms with E-state index in [1.807, 2.05) is 41.7 Å². The molecule has 0 saturated carbocycles. The van der Waals surface area contributed by atoms with E-state index in [2.05, 4.69) is 10.2 Å². The van der Waals surface area contributed by atoms with E-state index >= 15 is 0 Å².